The molecule has 0 fully saturated rings. The molecule has 0 unspecified atom stereocenters. The van der Waals surface area contributed by atoms with Crippen LogP contribution in [0.1, 0.15) is 11.7 Å². The average Bonchev–Trinajstić information content (AvgIpc) is 2.08. The quantitative estimate of drug-likeness (QED) is 0.773. The molecule has 1 atom stereocenters. The van der Waals surface area contributed by atoms with Gasteiger partial charge in [-0.3, -0.25) is 0 Å². The largest absolute Gasteiger partial charge is 0.387 e. The SMILES string of the molecule is Cl.NC[C@@H](O)c1cc(F)ccc1F. The van der Waals surface area contributed by atoms with E-state index in [1.165, 1.54) is 0 Å². The zero-order chi connectivity index (χ0) is 9.14. The van der Waals surface area contributed by atoms with Gasteiger partial charge in [-0.1, -0.05) is 0 Å². The lowest BCUT2D eigenvalue weighted by atomic mass is 10.1. The van der Waals surface area contributed by atoms with Crippen molar-refractivity contribution in [2.75, 3.05) is 6.54 Å². The molecule has 0 saturated carbocycles. The van der Waals surface area contributed by atoms with Crippen LogP contribution in [0.2, 0.25) is 0 Å². The Balaban J connectivity index is 0.00000144. The normalized spacial score (nSPS) is 12.0. The zero-order valence-electron chi connectivity index (χ0n) is 6.71. The molecule has 2 nitrogen and oxygen atoms in total. The van der Waals surface area contributed by atoms with Crippen LogP contribution in [-0.4, -0.2) is 11.7 Å². The fourth-order valence-electron chi connectivity index (χ4n) is 0.897. The molecule has 0 amide bonds. The third-order valence-electron chi connectivity index (χ3n) is 1.54. The molecule has 0 aliphatic carbocycles. The Labute approximate surface area is 80.8 Å². The van der Waals surface area contributed by atoms with Crippen LogP contribution in [0.3, 0.4) is 0 Å². The van der Waals surface area contributed by atoms with Crippen molar-refractivity contribution in [1.29, 1.82) is 0 Å². The van der Waals surface area contributed by atoms with Gasteiger partial charge in [-0.25, -0.2) is 8.78 Å². The number of aliphatic hydroxyl groups excluding tert-OH is 1. The molecule has 1 rings (SSSR count). The Morgan fingerprint density at radius 1 is 1.38 bits per heavy atom. The van der Waals surface area contributed by atoms with Gasteiger partial charge in [0.15, 0.2) is 0 Å². The molecule has 3 N–H and O–H groups in total. The molecular formula is C8H10ClF2NO. The number of halogens is 3. The topological polar surface area (TPSA) is 46.2 Å². The van der Waals surface area contributed by atoms with Gasteiger partial charge in [-0.05, 0) is 18.2 Å². The minimum atomic E-state index is -1.14. The molecule has 0 aliphatic heterocycles. The third-order valence-corrected chi connectivity index (χ3v) is 1.54. The van der Waals surface area contributed by atoms with Crippen LogP contribution in [0.25, 0.3) is 0 Å². The van der Waals surface area contributed by atoms with Crippen molar-refractivity contribution in [3.05, 3.63) is 35.4 Å². The van der Waals surface area contributed by atoms with Crippen LogP contribution in [0.4, 0.5) is 8.78 Å². The number of nitrogens with two attached hydrogens (primary N) is 1. The standard InChI is InChI=1S/C8H9F2NO.ClH/c9-5-1-2-7(10)6(3-5)8(12)4-11;/h1-3,8,12H,4,11H2;1H/t8-;/m1./s1. The van der Waals surface area contributed by atoms with E-state index in [0.29, 0.717) is 0 Å². The van der Waals surface area contributed by atoms with Gasteiger partial charge in [0.25, 0.3) is 0 Å². The maximum atomic E-state index is 12.8. The second-order valence-electron chi connectivity index (χ2n) is 2.42. The number of hydrogen-bond donors (Lipinski definition) is 2. The molecular weight excluding hydrogens is 200 g/mol. The molecule has 0 aliphatic rings. The van der Waals surface area contributed by atoms with E-state index >= 15 is 0 Å². The molecule has 0 heterocycles. The Hall–Kier alpha value is -0.710. The van der Waals surface area contributed by atoms with E-state index in [9.17, 15) is 8.78 Å². The van der Waals surface area contributed by atoms with Crippen LogP contribution in [0.15, 0.2) is 18.2 Å². The Bertz CT molecular complexity index is 283. The predicted octanol–water partition coefficient (Wildman–Crippen LogP) is 1.38. The first-order valence-electron chi connectivity index (χ1n) is 3.48. The van der Waals surface area contributed by atoms with Crippen LogP contribution in [0.5, 0.6) is 0 Å². The predicted molar refractivity (Wildman–Crippen MR) is 47.6 cm³/mol. The molecule has 0 aromatic heterocycles. The van der Waals surface area contributed by atoms with Crippen molar-refractivity contribution in [2.24, 2.45) is 5.73 Å². The number of rotatable bonds is 2. The summed E-state index contributed by atoms with van der Waals surface area (Å²) in [5.74, 6) is -1.23. The van der Waals surface area contributed by atoms with E-state index in [1.807, 2.05) is 0 Å². The van der Waals surface area contributed by atoms with E-state index in [4.69, 9.17) is 10.8 Å². The summed E-state index contributed by atoms with van der Waals surface area (Å²) in [7, 11) is 0. The summed E-state index contributed by atoms with van der Waals surface area (Å²) in [5, 5.41) is 9.10. The smallest absolute Gasteiger partial charge is 0.129 e. The summed E-state index contributed by atoms with van der Waals surface area (Å²) >= 11 is 0. The van der Waals surface area contributed by atoms with E-state index in [1.54, 1.807) is 0 Å². The van der Waals surface area contributed by atoms with Gasteiger partial charge < -0.3 is 10.8 Å². The summed E-state index contributed by atoms with van der Waals surface area (Å²) < 4.78 is 25.4. The van der Waals surface area contributed by atoms with Gasteiger partial charge in [-0.15, -0.1) is 12.4 Å². The minimum Gasteiger partial charge on any atom is -0.387 e. The highest BCUT2D eigenvalue weighted by atomic mass is 35.5. The molecule has 5 heteroatoms. The lowest BCUT2D eigenvalue weighted by molar-refractivity contribution is 0.181. The second-order valence-corrected chi connectivity index (χ2v) is 2.42. The number of benzene rings is 1. The molecule has 1 aromatic rings. The molecule has 13 heavy (non-hydrogen) atoms. The first-order chi connectivity index (χ1) is 5.65. The summed E-state index contributed by atoms with van der Waals surface area (Å²) in [6.07, 6.45) is -1.14. The van der Waals surface area contributed by atoms with Gasteiger partial charge in [0.05, 0.1) is 6.10 Å². The van der Waals surface area contributed by atoms with Crippen LogP contribution >= 0.6 is 12.4 Å². The van der Waals surface area contributed by atoms with E-state index in [2.05, 4.69) is 0 Å². The summed E-state index contributed by atoms with van der Waals surface area (Å²) in [5.41, 5.74) is 4.98. The number of aliphatic hydroxyl groups is 1. The minimum absolute atomic E-state index is 0. The van der Waals surface area contributed by atoms with Crippen molar-refractivity contribution in [1.82, 2.24) is 0 Å². The van der Waals surface area contributed by atoms with Crippen LogP contribution in [-0.2, 0) is 0 Å². The van der Waals surface area contributed by atoms with Crippen molar-refractivity contribution < 1.29 is 13.9 Å². The molecule has 0 bridgehead atoms. The fraction of sp³-hybridized carbons (Fsp3) is 0.250. The van der Waals surface area contributed by atoms with Crippen molar-refractivity contribution >= 4 is 12.4 Å². The highest BCUT2D eigenvalue weighted by Gasteiger charge is 2.11. The zero-order valence-corrected chi connectivity index (χ0v) is 7.52. The summed E-state index contributed by atoms with van der Waals surface area (Å²) in [6, 6.07) is 2.89. The second kappa shape index (κ2) is 5.11. The lowest BCUT2D eigenvalue weighted by Crippen LogP contribution is -2.13. The maximum Gasteiger partial charge on any atom is 0.129 e. The van der Waals surface area contributed by atoms with E-state index in [-0.39, 0.29) is 24.5 Å². The first kappa shape index (κ1) is 12.3. The highest BCUT2D eigenvalue weighted by Crippen LogP contribution is 2.16. The van der Waals surface area contributed by atoms with E-state index in [0.717, 1.165) is 18.2 Å². The van der Waals surface area contributed by atoms with Crippen LogP contribution in [0, 0.1) is 11.6 Å². The van der Waals surface area contributed by atoms with Gasteiger partial charge in [0.2, 0.25) is 0 Å². The van der Waals surface area contributed by atoms with Crippen LogP contribution < -0.4 is 5.73 Å². The Kier molecular flexibility index (Phi) is 4.83. The van der Waals surface area contributed by atoms with Crippen molar-refractivity contribution in [2.45, 2.75) is 6.10 Å². The van der Waals surface area contributed by atoms with Gasteiger partial charge in [0, 0.05) is 12.1 Å². The van der Waals surface area contributed by atoms with Gasteiger partial charge in [-0.2, -0.15) is 0 Å². The van der Waals surface area contributed by atoms with E-state index < -0.39 is 17.7 Å². The first-order valence-corrected chi connectivity index (χ1v) is 3.48. The average molecular weight is 210 g/mol. The molecule has 0 spiro atoms. The van der Waals surface area contributed by atoms with Gasteiger partial charge in [0.1, 0.15) is 11.6 Å². The maximum absolute atomic E-state index is 12.8. The Morgan fingerprint density at radius 3 is 2.54 bits per heavy atom. The van der Waals surface area contributed by atoms with Crippen molar-refractivity contribution in [3.8, 4) is 0 Å². The van der Waals surface area contributed by atoms with Crippen molar-refractivity contribution in [3.63, 3.8) is 0 Å². The highest BCUT2D eigenvalue weighted by molar-refractivity contribution is 5.85. The number of hydrogen-bond acceptors (Lipinski definition) is 2. The molecule has 1 aromatic carbocycles. The lowest BCUT2D eigenvalue weighted by Gasteiger charge is -2.08. The molecule has 0 radical (unpaired) electrons. The molecule has 0 saturated heterocycles. The summed E-state index contributed by atoms with van der Waals surface area (Å²) in [4.78, 5) is 0. The summed E-state index contributed by atoms with van der Waals surface area (Å²) in [6.45, 7) is -0.125. The fourth-order valence-corrected chi connectivity index (χ4v) is 0.897. The Morgan fingerprint density at radius 2 is 2.00 bits per heavy atom. The van der Waals surface area contributed by atoms with Gasteiger partial charge >= 0.3 is 0 Å². The third kappa shape index (κ3) is 2.91. The monoisotopic (exact) mass is 209 g/mol. The molecule has 74 valence electrons.